The van der Waals surface area contributed by atoms with Crippen molar-refractivity contribution in [2.45, 2.75) is 38.3 Å². The number of aryl methyl sites for hydroxylation is 1. The molecular weight excluding hydrogens is 286 g/mol. The van der Waals surface area contributed by atoms with Gasteiger partial charge in [-0.3, -0.25) is 14.5 Å². The van der Waals surface area contributed by atoms with Gasteiger partial charge in [0.05, 0.1) is 23.7 Å². The minimum absolute atomic E-state index is 0.0632. The molecule has 0 aliphatic carbocycles. The van der Waals surface area contributed by atoms with Crippen LogP contribution in [-0.2, 0) is 16.1 Å². The first-order valence-corrected chi connectivity index (χ1v) is 7.56. The van der Waals surface area contributed by atoms with Crippen molar-refractivity contribution in [1.82, 2.24) is 15.0 Å². The van der Waals surface area contributed by atoms with Gasteiger partial charge in [-0.2, -0.15) is 0 Å². The quantitative estimate of drug-likeness (QED) is 0.892. The number of piperidine rings is 1. The van der Waals surface area contributed by atoms with Crippen molar-refractivity contribution >= 4 is 11.9 Å². The van der Waals surface area contributed by atoms with Crippen molar-refractivity contribution in [3.8, 4) is 0 Å². The van der Waals surface area contributed by atoms with Crippen LogP contribution in [0.2, 0.25) is 0 Å². The molecule has 2 aliphatic heterocycles. The second kappa shape index (κ2) is 5.39. The maximum atomic E-state index is 12.0. The third-order valence-corrected chi connectivity index (χ3v) is 5.15. The number of carbonyl (C=O) groups excluding carboxylic acids is 1. The number of likely N-dealkylation sites (tertiary alicyclic amines) is 2. The van der Waals surface area contributed by atoms with Crippen LogP contribution >= 0.6 is 0 Å². The molecule has 1 spiro atoms. The Balaban J connectivity index is 1.69. The Morgan fingerprint density at radius 2 is 2.18 bits per heavy atom. The van der Waals surface area contributed by atoms with Crippen LogP contribution in [0.15, 0.2) is 10.6 Å². The molecule has 0 radical (unpaired) electrons. The van der Waals surface area contributed by atoms with Crippen molar-refractivity contribution in [2.24, 2.45) is 5.92 Å². The monoisotopic (exact) mass is 307 g/mol. The van der Waals surface area contributed by atoms with Gasteiger partial charge in [0.2, 0.25) is 5.91 Å². The van der Waals surface area contributed by atoms with Crippen molar-refractivity contribution in [3.05, 3.63) is 17.5 Å². The molecule has 22 heavy (non-hydrogen) atoms. The lowest BCUT2D eigenvalue weighted by atomic mass is 9.77. The minimum atomic E-state index is -0.864. The summed E-state index contributed by atoms with van der Waals surface area (Å²) >= 11 is 0. The molecule has 3 rings (SSSR count). The highest BCUT2D eigenvalue weighted by atomic mass is 16.5. The number of carboxylic acid groups (broad SMARTS) is 1. The van der Waals surface area contributed by atoms with Crippen molar-refractivity contribution in [2.75, 3.05) is 20.1 Å². The van der Waals surface area contributed by atoms with Crippen LogP contribution in [0, 0.1) is 12.8 Å². The number of carbonyl (C=O) groups is 2. The van der Waals surface area contributed by atoms with Crippen LogP contribution in [0.3, 0.4) is 0 Å². The number of amides is 1. The molecule has 2 fully saturated rings. The molecule has 0 saturated carbocycles. The lowest BCUT2D eigenvalue weighted by molar-refractivity contribution is -0.146. The fourth-order valence-electron chi connectivity index (χ4n) is 3.79. The highest BCUT2D eigenvalue weighted by Gasteiger charge is 2.55. The molecular formula is C15H21N3O4. The summed E-state index contributed by atoms with van der Waals surface area (Å²) in [5, 5.41) is 13.3. The first kappa shape index (κ1) is 15.0. The van der Waals surface area contributed by atoms with E-state index in [0.29, 0.717) is 19.4 Å². The predicted molar refractivity (Wildman–Crippen MR) is 77.0 cm³/mol. The number of hydrogen-bond donors (Lipinski definition) is 1. The van der Waals surface area contributed by atoms with Crippen LogP contribution in [0.25, 0.3) is 0 Å². The molecule has 0 aromatic carbocycles. The molecule has 0 bridgehead atoms. The van der Waals surface area contributed by atoms with E-state index in [1.54, 1.807) is 11.9 Å². The standard InChI is InChI=1S/C15H21N3O4/c1-10-7-11(22-16-10)9-18-5-3-15(4-6-18)12(14(20)21)8-13(19)17(15)2/h7,12H,3-6,8-9H2,1-2H3,(H,20,21)/t12-/m0/s1. The van der Waals surface area contributed by atoms with Gasteiger partial charge in [0.15, 0.2) is 5.76 Å². The molecule has 0 unspecified atom stereocenters. The number of aromatic nitrogens is 1. The Morgan fingerprint density at radius 1 is 1.50 bits per heavy atom. The summed E-state index contributed by atoms with van der Waals surface area (Å²) in [6.45, 7) is 4.06. The SMILES string of the molecule is Cc1cc(CN2CCC3(CC2)[C@H](C(=O)O)CC(=O)N3C)on1. The Labute approximate surface area is 128 Å². The predicted octanol–water partition coefficient (Wildman–Crippen LogP) is 0.881. The summed E-state index contributed by atoms with van der Waals surface area (Å²) < 4.78 is 5.23. The maximum absolute atomic E-state index is 12.0. The van der Waals surface area contributed by atoms with Gasteiger partial charge in [-0.05, 0) is 19.8 Å². The molecule has 1 aromatic heterocycles. The van der Waals surface area contributed by atoms with E-state index >= 15 is 0 Å². The van der Waals surface area contributed by atoms with Gasteiger partial charge in [-0.15, -0.1) is 0 Å². The number of carboxylic acids is 1. The van der Waals surface area contributed by atoms with Crippen LogP contribution in [-0.4, -0.2) is 57.6 Å². The van der Waals surface area contributed by atoms with Crippen LogP contribution in [0.4, 0.5) is 0 Å². The number of nitrogens with zero attached hydrogens (tertiary/aromatic N) is 3. The third kappa shape index (κ3) is 2.39. The molecule has 7 nitrogen and oxygen atoms in total. The average Bonchev–Trinajstić information content (AvgIpc) is 2.99. The Hall–Kier alpha value is -1.89. The first-order chi connectivity index (χ1) is 10.4. The fraction of sp³-hybridized carbons (Fsp3) is 0.667. The third-order valence-electron chi connectivity index (χ3n) is 5.15. The highest BCUT2D eigenvalue weighted by Crippen LogP contribution is 2.42. The summed E-state index contributed by atoms with van der Waals surface area (Å²) in [7, 11) is 1.74. The molecule has 1 amide bonds. The van der Waals surface area contributed by atoms with Gasteiger partial charge in [-0.25, -0.2) is 0 Å². The first-order valence-electron chi connectivity index (χ1n) is 7.56. The van der Waals surface area contributed by atoms with Gasteiger partial charge in [0.1, 0.15) is 0 Å². The summed E-state index contributed by atoms with van der Waals surface area (Å²) in [6.07, 6.45) is 1.48. The molecule has 1 atom stereocenters. The second-order valence-corrected chi connectivity index (χ2v) is 6.36. The van der Waals surface area contributed by atoms with E-state index in [0.717, 1.165) is 24.5 Å². The van der Waals surface area contributed by atoms with E-state index in [9.17, 15) is 14.7 Å². The zero-order valence-corrected chi connectivity index (χ0v) is 12.9. The van der Waals surface area contributed by atoms with E-state index in [2.05, 4.69) is 10.1 Å². The van der Waals surface area contributed by atoms with Gasteiger partial charge >= 0.3 is 5.97 Å². The largest absolute Gasteiger partial charge is 0.481 e. The second-order valence-electron chi connectivity index (χ2n) is 6.36. The maximum Gasteiger partial charge on any atom is 0.309 e. The van der Waals surface area contributed by atoms with E-state index in [1.165, 1.54) is 0 Å². The summed E-state index contributed by atoms with van der Waals surface area (Å²) in [5.41, 5.74) is 0.326. The minimum Gasteiger partial charge on any atom is -0.481 e. The summed E-state index contributed by atoms with van der Waals surface area (Å²) in [4.78, 5) is 27.4. The van der Waals surface area contributed by atoms with Crippen molar-refractivity contribution in [3.63, 3.8) is 0 Å². The van der Waals surface area contributed by atoms with Gasteiger partial charge in [-0.1, -0.05) is 5.16 Å². The van der Waals surface area contributed by atoms with Crippen molar-refractivity contribution in [1.29, 1.82) is 0 Å². The number of aliphatic carboxylic acids is 1. The van der Waals surface area contributed by atoms with Crippen LogP contribution in [0.5, 0.6) is 0 Å². The van der Waals surface area contributed by atoms with Crippen LogP contribution in [0.1, 0.15) is 30.7 Å². The lowest BCUT2D eigenvalue weighted by Crippen LogP contribution is -2.55. The molecule has 3 heterocycles. The molecule has 7 heteroatoms. The lowest BCUT2D eigenvalue weighted by Gasteiger charge is -2.45. The fourth-order valence-corrected chi connectivity index (χ4v) is 3.79. The zero-order chi connectivity index (χ0) is 15.9. The molecule has 2 saturated heterocycles. The zero-order valence-electron chi connectivity index (χ0n) is 12.9. The van der Waals surface area contributed by atoms with Gasteiger partial charge in [0.25, 0.3) is 0 Å². The summed E-state index contributed by atoms with van der Waals surface area (Å²) in [6, 6.07) is 1.91. The Morgan fingerprint density at radius 3 is 2.73 bits per heavy atom. The van der Waals surface area contributed by atoms with Gasteiger partial charge in [0, 0.05) is 32.6 Å². The van der Waals surface area contributed by atoms with Gasteiger partial charge < -0.3 is 14.5 Å². The van der Waals surface area contributed by atoms with E-state index in [1.807, 2.05) is 13.0 Å². The summed E-state index contributed by atoms with van der Waals surface area (Å²) in [5.74, 6) is -0.706. The Kier molecular flexibility index (Phi) is 3.68. The number of hydrogen-bond acceptors (Lipinski definition) is 5. The molecule has 1 aromatic rings. The molecule has 120 valence electrons. The highest BCUT2D eigenvalue weighted by molar-refractivity contribution is 5.88. The van der Waals surface area contributed by atoms with E-state index < -0.39 is 17.4 Å². The van der Waals surface area contributed by atoms with Crippen LogP contribution < -0.4 is 0 Å². The van der Waals surface area contributed by atoms with E-state index in [-0.39, 0.29) is 12.3 Å². The average molecular weight is 307 g/mol. The van der Waals surface area contributed by atoms with E-state index in [4.69, 9.17) is 4.52 Å². The topological polar surface area (TPSA) is 86.9 Å². The Bertz CT molecular complexity index is 589. The molecule has 1 N–H and O–H groups in total. The van der Waals surface area contributed by atoms with Crippen molar-refractivity contribution < 1.29 is 19.2 Å². The normalized spacial score (nSPS) is 25.1. The smallest absolute Gasteiger partial charge is 0.309 e. The number of rotatable bonds is 3. The molecule has 2 aliphatic rings.